The first-order valence-corrected chi connectivity index (χ1v) is 6.69. The van der Waals surface area contributed by atoms with Crippen molar-refractivity contribution in [1.82, 2.24) is 4.90 Å². The van der Waals surface area contributed by atoms with Gasteiger partial charge >= 0.3 is 12.1 Å². The molecule has 0 aliphatic carbocycles. The number of ether oxygens (including phenoxy) is 2. The molecule has 1 aliphatic heterocycles. The third-order valence-corrected chi connectivity index (χ3v) is 3.21. The Morgan fingerprint density at radius 1 is 1.36 bits per heavy atom. The molecule has 1 N–H and O–H groups in total. The largest absolute Gasteiger partial charge is 0.482 e. The van der Waals surface area contributed by atoms with Gasteiger partial charge in [0.15, 0.2) is 12.7 Å². The Bertz CT molecular complexity index is 504. The van der Waals surface area contributed by atoms with Gasteiger partial charge in [0.05, 0.1) is 6.61 Å². The van der Waals surface area contributed by atoms with Crippen LogP contribution < -0.4 is 4.74 Å². The third-order valence-electron chi connectivity index (χ3n) is 3.21. The number of aliphatic carboxylic acids is 1. The molecule has 122 valence electrons. The van der Waals surface area contributed by atoms with E-state index in [-0.39, 0.29) is 13.2 Å². The van der Waals surface area contributed by atoms with Crippen LogP contribution in [0.2, 0.25) is 0 Å². The summed E-state index contributed by atoms with van der Waals surface area (Å²) >= 11 is 0. The molecular formula is C14H16F3NO4. The van der Waals surface area contributed by atoms with E-state index in [2.05, 4.69) is 0 Å². The van der Waals surface area contributed by atoms with Crippen LogP contribution in [0.5, 0.6) is 5.75 Å². The smallest absolute Gasteiger partial charge is 0.415 e. The van der Waals surface area contributed by atoms with Gasteiger partial charge in [-0.15, -0.1) is 0 Å². The number of morpholine rings is 1. The van der Waals surface area contributed by atoms with Crippen LogP contribution in [0.25, 0.3) is 0 Å². The fourth-order valence-electron chi connectivity index (χ4n) is 2.14. The average Bonchev–Trinajstić information content (AvgIpc) is 2.46. The minimum absolute atomic E-state index is 0.0456. The number of carboxylic acid groups (broad SMARTS) is 1. The van der Waals surface area contributed by atoms with Gasteiger partial charge in [0, 0.05) is 19.6 Å². The summed E-state index contributed by atoms with van der Waals surface area (Å²) in [7, 11) is 0. The molecule has 1 saturated heterocycles. The van der Waals surface area contributed by atoms with Gasteiger partial charge in [0.2, 0.25) is 0 Å². The Labute approximate surface area is 125 Å². The Morgan fingerprint density at radius 2 is 2.05 bits per heavy atom. The molecule has 1 aliphatic rings. The topological polar surface area (TPSA) is 59.0 Å². The molecule has 1 atom stereocenters. The molecule has 0 unspecified atom stereocenters. The quantitative estimate of drug-likeness (QED) is 0.898. The first kappa shape index (κ1) is 16.6. The summed E-state index contributed by atoms with van der Waals surface area (Å²) < 4.78 is 47.7. The summed E-state index contributed by atoms with van der Waals surface area (Å²) in [5, 5.41) is 8.50. The molecule has 8 heteroatoms. The number of carbonyl (C=O) groups is 1. The SMILES string of the molecule is O=C(O)COc1ccc(CN2CCO[C@H](C(F)(F)F)C2)cc1. The van der Waals surface area contributed by atoms with Gasteiger partial charge in [-0.05, 0) is 17.7 Å². The molecule has 0 bridgehead atoms. The van der Waals surface area contributed by atoms with Crippen molar-refractivity contribution in [3.8, 4) is 5.75 Å². The lowest BCUT2D eigenvalue weighted by Crippen LogP contribution is -2.48. The van der Waals surface area contributed by atoms with Gasteiger partial charge < -0.3 is 14.6 Å². The first-order chi connectivity index (χ1) is 10.3. The molecule has 22 heavy (non-hydrogen) atoms. The zero-order chi connectivity index (χ0) is 16.2. The van der Waals surface area contributed by atoms with Gasteiger partial charge in [-0.25, -0.2) is 4.79 Å². The Kier molecular flexibility index (Phi) is 5.25. The minimum Gasteiger partial charge on any atom is -0.482 e. The van der Waals surface area contributed by atoms with Crippen molar-refractivity contribution >= 4 is 5.97 Å². The third kappa shape index (κ3) is 4.88. The number of halogens is 3. The second kappa shape index (κ2) is 6.97. The average molecular weight is 319 g/mol. The molecule has 5 nitrogen and oxygen atoms in total. The van der Waals surface area contributed by atoms with Gasteiger partial charge in [-0.2, -0.15) is 13.2 Å². The van der Waals surface area contributed by atoms with Crippen LogP contribution in [0.15, 0.2) is 24.3 Å². The second-order valence-corrected chi connectivity index (χ2v) is 4.96. The lowest BCUT2D eigenvalue weighted by molar-refractivity contribution is -0.237. The lowest BCUT2D eigenvalue weighted by Gasteiger charge is -2.33. The Morgan fingerprint density at radius 3 is 2.64 bits per heavy atom. The molecule has 1 heterocycles. The monoisotopic (exact) mass is 319 g/mol. The molecule has 0 spiro atoms. The van der Waals surface area contributed by atoms with Crippen molar-refractivity contribution < 1.29 is 32.5 Å². The molecule has 0 radical (unpaired) electrons. The fourth-order valence-corrected chi connectivity index (χ4v) is 2.14. The highest BCUT2D eigenvalue weighted by atomic mass is 19.4. The normalized spacial score (nSPS) is 19.9. The van der Waals surface area contributed by atoms with Crippen LogP contribution in [0.3, 0.4) is 0 Å². The van der Waals surface area contributed by atoms with Crippen LogP contribution in [0.1, 0.15) is 5.56 Å². The molecule has 2 rings (SSSR count). The van der Waals surface area contributed by atoms with Gasteiger partial charge in [0.1, 0.15) is 5.75 Å². The highest BCUT2D eigenvalue weighted by molar-refractivity contribution is 5.68. The molecule has 1 aromatic rings. The number of hydrogen-bond acceptors (Lipinski definition) is 4. The fraction of sp³-hybridized carbons (Fsp3) is 0.500. The van der Waals surface area contributed by atoms with E-state index >= 15 is 0 Å². The van der Waals surface area contributed by atoms with E-state index in [1.54, 1.807) is 29.2 Å². The standard InChI is InChI=1S/C14H16F3NO4/c15-14(16,17)12-8-18(5-6-21-12)7-10-1-3-11(4-2-10)22-9-13(19)20/h1-4,12H,5-9H2,(H,19,20)/t12-/m0/s1. The zero-order valence-corrected chi connectivity index (χ0v) is 11.7. The highest BCUT2D eigenvalue weighted by Gasteiger charge is 2.43. The van der Waals surface area contributed by atoms with Gasteiger partial charge in [0.25, 0.3) is 0 Å². The minimum atomic E-state index is -4.35. The van der Waals surface area contributed by atoms with E-state index in [1.165, 1.54) is 0 Å². The Hall–Kier alpha value is -1.80. The van der Waals surface area contributed by atoms with Gasteiger partial charge in [-0.1, -0.05) is 12.1 Å². The summed E-state index contributed by atoms with van der Waals surface area (Å²) in [6.07, 6.45) is -6.10. The Balaban J connectivity index is 1.89. The highest BCUT2D eigenvalue weighted by Crippen LogP contribution is 2.26. The molecule has 1 aromatic carbocycles. The summed E-state index contributed by atoms with van der Waals surface area (Å²) in [6.45, 7) is 0.222. The number of nitrogens with zero attached hydrogens (tertiary/aromatic N) is 1. The number of hydrogen-bond donors (Lipinski definition) is 1. The first-order valence-electron chi connectivity index (χ1n) is 6.69. The van der Waals surface area contributed by atoms with E-state index in [0.29, 0.717) is 18.8 Å². The summed E-state index contributed by atoms with van der Waals surface area (Å²) in [5.41, 5.74) is 0.825. The van der Waals surface area contributed by atoms with Crippen molar-refractivity contribution in [3.63, 3.8) is 0 Å². The summed E-state index contributed by atoms with van der Waals surface area (Å²) in [6, 6.07) is 6.60. The molecule has 0 amide bonds. The van der Waals surface area contributed by atoms with Crippen LogP contribution in [0.4, 0.5) is 13.2 Å². The zero-order valence-electron chi connectivity index (χ0n) is 11.7. The number of benzene rings is 1. The maximum atomic E-state index is 12.6. The maximum absolute atomic E-state index is 12.6. The van der Waals surface area contributed by atoms with Crippen molar-refractivity contribution in [1.29, 1.82) is 0 Å². The predicted molar refractivity (Wildman–Crippen MR) is 70.6 cm³/mol. The van der Waals surface area contributed by atoms with Crippen molar-refractivity contribution in [2.24, 2.45) is 0 Å². The maximum Gasteiger partial charge on any atom is 0.415 e. The predicted octanol–water partition coefficient (Wildman–Crippen LogP) is 1.91. The van der Waals surface area contributed by atoms with Crippen LogP contribution in [-0.4, -0.2) is 54.6 Å². The lowest BCUT2D eigenvalue weighted by atomic mass is 10.2. The molecule has 1 fully saturated rings. The molecule has 0 aromatic heterocycles. The van der Waals surface area contributed by atoms with Crippen LogP contribution in [0, 0.1) is 0 Å². The van der Waals surface area contributed by atoms with E-state index < -0.39 is 24.9 Å². The van der Waals surface area contributed by atoms with Crippen molar-refractivity contribution in [2.75, 3.05) is 26.3 Å². The van der Waals surface area contributed by atoms with Crippen molar-refractivity contribution in [3.05, 3.63) is 29.8 Å². The second-order valence-electron chi connectivity index (χ2n) is 4.96. The van der Waals surface area contributed by atoms with E-state index in [1.807, 2.05) is 0 Å². The molecule has 0 saturated carbocycles. The number of rotatable bonds is 5. The summed E-state index contributed by atoms with van der Waals surface area (Å²) in [4.78, 5) is 12.1. The van der Waals surface area contributed by atoms with E-state index in [0.717, 1.165) is 5.56 Å². The van der Waals surface area contributed by atoms with Gasteiger partial charge in [-0.3, -0.25) is 4.90 Å². The van der Waals surface area contributed by atoms with Crippen molar-refractivity contribution in [2.45, 2.75) is 18.8 Å². The number of carboxylic acids is 1. The summed E-state index contributed by atoms with van der Waals surface area (Å²) in [5.74, 6) is -0.670. The van der Waals surface area contributed by atoms with E-state index in [9.17, 15) is 18.0 Å². The number of alkyl halides is 3. The van der Waals surface area contributed by atoms with Crippen LogP contribution >= 0.6 is 0 Å². The molecular weight excluding hydrogens is 303 g/mol. The van der Waals surface area contributed by atoms with E-state index in [4.69, 9.17) is 14.6 Å². The van der Waals surface area contributed by atoms with Crippen LogP contribution in [-0.2, 0) is 16.1 Å².